The summed E-state index contributed by atoms with van der Waals surface area (Å²) in [5.41, 5.74) is 3.08. The summed E-state index contributed by atoms with van der Waals surface area (Å²) in [6, 6.07) is 10.3. The summed E-state index contributed by atoms with van der Waals surface area (Å²) in [6.07, 6.45) is 5.51. The third-order valence-corrected chi connectivity index (χ3v) is 7.36. The molecule has 0 bridgehead atoms. The minimum Gasteiger partial charge on any atom is -0.315 e. The molecule has 30 heavy (non-hydrogen) atoms. The summed E-state index contributed by atoms with van der Waals surface area (Å²) in [4.78, 5) is 18.5. The van der Waals surface area contributed by atoms with Crippen LogP contribution in [-0.4, -0.2) is 48.4 Å². The second-order valence-corrected chi connectivity index (χ2v) is 9.65. The molecule has 2 aromatic rings. The standard InChI is InChI=1S/C23H27ClN4OS/c24-18-6-4-5-17(13-18)15-27-9-11-28(12-10-27)16-22(29)26-23-20(14-25)19-7-2-1-3-8-21(19)30-23/h4-6,13H,1-3,7-12,15-16H2,(H,26,29). The summed E-state index contributed by atoms with van der Waals surface area (Å²) in [7, 11) is 0. The second-order valence-electron chi connectivity index (χ2n) is 8.11. The molecule has 0 saturated carbocycles. The van der Waals surface area contributed by atoms with Gasteiger partial charge in [-0.2, -0.15) is 5.26 Å². The molecule has 158 valence electrons. The first-order chi connectivity index (χ1) is 14.6. The van der Waals surface area contributed by atoms with Crippen LogP contribution in [0.1, 0.15) is 40.8 Å². The molecule has 1 fully saturated rings. The van der Waals surface area contributed by atoms with Crippen molar-refractivity contribution >= 4 is 33.8 Å². The van der Waals surface area contributed by atoms with E-state index in [4.69, 9.17) is 11.6 Å². The van der Waals surface area contributed by atoms with Crippen molar-refractivity contribution in [3.63, 3.8) is 0 Å². The maximum absolute atomic E-state index is 12.7. The Labute approximate surface area is 187 Å². The number of halogens is 1. The zero-order valence-corrected chi connectivity index (χ0v) is 18.7. The minimum atomic E-state index is -0.0220. The Balaban J connectivity index is 1.29. The lowest BCUT2D eigenvalue weighted by Crippen LogP contribution is -2.48. The molecule has 0 atom stereocenters. The average molecular weight is 443 g/mol. The van der Waals surface area contributed by atoms with E-state index >= 15 is 0 Å². The van der Waals surface area contributed by atoms with Crippen LogP contribution in [0.2, 0.25) is 5.02 Å². The number of nitrogens with zero attached hydrogens (tertiary/aromatic N) is 3. The molecule has 1 aliphatic heterocycles. The average Bonchev–Trinajstić information content (AvgIpc) is 2.88. The number of carbonyl (C=O) groups excluding carboxylic acids is 1. The van der Waals surface area contributed by atoms with E-state index in [9.17, 15) is 10.1 Å². The largest absolute Gasteiger partial charge is 0.315 e. The normalized spacial score (nSPS) is 17.7. The van der Waals surface area contributed by atoms with Gasteiger partial charge in [0, 0.05) is 42.6 Å². The molecule has 2 aliphatic rings. The predicted molar refractivity (Wildman–Crippen MR) is 122 cm³/mol. The first kappa shape index (κ1) is 21.3. The number of nitrogens with one attached hydrogen (secondary N) is 1. The summed E-state index contributed by atoms with van der Waals surface area (Å²) in [5, 5.41) is 14.2. The molecule has 1 aromatic carbocycles. The molecule has 1 N–H and O–H groups in total. The zero-order valence-electron chi connectivity index (χ0n) is 17.1. The van der Waals surface area contributed by atoms with Gasteiger partial charge in [0.25, 0.3) is 0 Å². The topological polar surface area (TPSA) is 59.4 Å². The number of piperazine rings is 1. The lowest BCUT2D eigenvalue weighted by molar-refractivity contribution is -0.117. The number of aryl methyl sites for hydroxylation is 1. The summed E-state index contributed by atoms with van der Waals surface area (Å²) in [6.45, 7) is 4.83. The van der Waals surface area contributed by atoms with Crippen LogP contribution in [0.25, 0.3) is 0 Å². The van der Waals surface area contributed by atoms with Crippen molar-refractivity contribution in [2.24, 2.45) is 0 Å². The fourth-order valence-corrected chi connectivity index (χ4v) is 5.79. The van der Waals surface area contributed by atoms with Gasteiger partial charge in [-0.05, 0) is 48.9 Å². The van der Waals surface area contributed by atoms with Gasteiger partial charge in [0.05, 0.1) is 12.1 Å². The van der Waals surface area contributed by atoms with Crippen LogP contribution in [0.4, 0.5) is 5.00 Å². The highest BCUT2D eigenvalue weighted by atomic mass is 35.5. The Morgan fingerprint density at radius 3 is 2.67 bits per heavy atom. The van der Waals surface area contributed by atoms with Crippen LogP contribution in [-0.2, 0) is 24.2 Å². The van der Waals surface area contributed by atoms with Gasteiger partial charge in [-0.1, -0.05) is 30.2 Å². The molecule has 7 heteroatoms. The Kier molecular flexibility index (Phi) is 7.06. The van der Waals surface area contributed by atoms with E-state index in [2.05, 4.69) is 27.3 Å². The van der Waals surface area contributed by atoms with Crippen molar-refractivity contribution in [1.29, 1.82) is 5.26 Å². The summed E-state index contributed by atoms with van der Waals surface area (Å²) in [5.74, 6) is -0.0220. The molecular formula is C23H27ClN4OS. The molecule has 0 unspecified atom stereocenters. The third-order valence-electron chi connectivity index (χ3n) is 5.91. The highest BCUT2D eigenvalue weighted by Crippen LogP contribution is 2.36. The van der Waals surface area contributed by atoms with Crippen LogP contribution in [0.3, 0.4) is 0 Å². The van der Waals surface area contributed by atoms with E-state index in [1.165, 1.54) is 28.8 Å². The number of fused-ring (bicyclic) bond motifs is 1. The number of nitriles is 1. The zero-order chi connectivity index (χ0) is 20.9. The molecule has 1 amide bonds. The molecule has 1 aliphatic carbocycles. The van der Waals surface area contributed by atoms with Crippen molar-refractivity contribution in [3.8, 4) is 6.07 Å². The van der Waals surface area contributed by atoms with Gasteiger partial charge in [-0.25, -0.2) is 0 Å². The maximum atomic E-state index is 12.7. The monoisotopic (exact) mass is 442 g/mol. The molecule has 0 radical (unpaired) electrons. The molecule has 2 heterocycles. The molecular weight excluding hydrogens is 416 g/mol. The van der Waals surface area contributed by atoms with E-state index in [0.29, 0.717) is 12.1 Å². The third kappa shape index (κ3) is 5.22. The number of rotatable bonds is 5. The number of anilines is 1. The van der Waals surface area contributed by atoms with Gasteiger partial charge in [0.1, 0.15) is 11.1 Å². The Morgan fingerprint density at radius 2 is 1.90 bits per heavy atom. The fraction of sp³-hybridized carbons (Fsp3) is 0.478. The van der Waals surface area contributed by atoms with Crippen molar-refractivity contribution in [3.05, 3.63) is 50.9 Å². The first-order valence-electron chi connectivity index (χ1n) is 10.7. The Bertz CT molecular complexity index is 943. The summed E-state index contributed by atoms with van der Waals surface area (Å²) < 4.78 is 0. The lowest BCUT2D eigenvalue weighted by Gasteiger charge is -2.34. The second kappa shape index (κ2) is 9.93. The number of hydrogen-bond acceptors (Lipinski definition) is 5. The van der Waals surface area contributed by atoms with Crippen molar-refractivity contribution < 1.29 is 4.79 Å². The van der Waals surface area contributed by atoms with Gasteiger partial charge >= 0.3 is 0 Å². The van der Waals surface area contributed by atoms with Crippen LogP contribution in [0, 0.1) is 11.3 Å². The van der Waals surface area contributed by atoms with Gasteiger partial charge in [0.15, 0.2) is 0 Å². The van der Waals surface area contributed by atoms with Gasteiger partial charge in [0.2, 0.25) is 5.91 Å². The van der Waals surface area contributed by atoms with Gasteiger partial charge in [-0.15, -0.1) is 11.3 Å². The van der Waals surface area contributed by atoms with Crippen LogP contribution in [0.15, 0.2) is 24.3 Å². The van der Waals surface area contributed by atoms with E-state index in [0.717, 1.165) is 62.0 Å². The van der Waals surface area contributed by atoms with Crippen molar-refractivity contribution in [2.45, 2.75) is 38.6 Å². The number of hydrogen-bond donors (Lipinski definition) is 1. The quantitative estimate of drug-likeness (QED) is 0.701. The van der Waals surface area contributed by atoms with Crippen molar-refractivity contribution in [2.75, 3.05) is 38.0 Å². The van der Waals surface area contributed by atoms with E-state index in [1.54, 1.807) is 11.3 Å². The van der Waals surface area contributed by atoms with Crippen LogP contribution < -0.4 is 5.32 Å². The van der Waals surface area contributed by atoms with Gasteiger partial charge in [-0.3, -0.25) is 14.6 Å². The molecule has 1 saturated heterocycles. The highest BCUT2D eigenvalue weighted by Gasteiger charge is 2.23. The SMILES string of the molecule is N#Cc1c(NC(=O)CN2CCN(Cc3cccc(Cl)c3)CC2)sc2c1CCCCC2. The van der Waals surface area contributed by atoms with Crippen molar-refractivity contribution in [1.82, 2.24) is 9.80 Å². The Hall–Kier alpha value is -1.91. The Morgan fingerprint density at radius 1 is 1.13 bits per heavy atom. The van der Waals surface area contributed by atoms with Crippen LogP contribution >= 0.6 is 22.9 Å². The maximum Gasteiger partial charge on any atom is 0.239 e. The smallest absolute Gasteiger partial charge is 0.239 e. The molecule has 5 nitrogen and oxygen atoms in total. The van der Waals surface area contributed by atoms with E-state index < -0.39 is 0 Å². The van der Waals surface area contributed by atoms with E-state index in [-0.39, 0.29) is 5.91 Å². The number of thiophene rings is 1. The van der Waals surface area contributed by atoms with Crippen LogP contribution in [0.5, 0.6) is 0 Å². The highest BCUT2D eigenvalue weighted by molar-refractivity contribution is 7.16. The summed E-state index contributed by atoms with van der Waals surface area (Å²) >= 11 is 7.68. The minimum absolute atomic E-state index is 0.0220. The van der Waals surface area contributed by atoms with Gasteiger partial charge < -0.3 is 5.32 Å². The van der Waals surface area contributed by atoms with E-state index in [1.807, 2.05) is 18.2 Å². The number of benzene rings is 1. The molecule has 1 aromatic heterocycles. The lowest BCUT2D eigenvalue weighted by atomic mass is 10.1. The fourth-order valence-electron chi connectivity index (χ4n) is 4.32. The number of carbonyl (C=O) groups is 1. The molecule has 0 spiro atoms. The first-order valence-corrected chi connectivity index (χ1v) is 11.9. The molecule has 4 rings (SSSR count). The predicted octanol–water partition coefficient (Wildman–Crippen LogP) is 4.30. The number of amides is 1.